The molecule has 0 radical (unpaired) electrons. The number of hydrogen-bond acceptors (Lipinski definition) is 4. The number of para-hydroxylation sites is 1. The number of rotatable bonds is 2. The highest BCUT2D eigenvalue weighted by Gasteiger charge is 2.36. The molecule has 2 aromatic rings. The molecule has 2 unspecified atom stereocenters. The van der Waals surface area contributed by atoms with Gasteiger partial charge in [-0.3, -0.25) is 14.7 Å². The third-order valence-corrected chi connectivity index (χ3v) is 5.73. The Labute approximate surface area is 165 Å². The number of hydrogen-bond donors (Lipinski definition) is 1. The van der Waals surface area contributed by atoms with Crippen LogP contribution in [0.2, 0.25) is 0 Å². The van der Waals surface area contributed by atoms with Gasteiger partial charge in [-0.15, -0.1) is 0 Å². The van der Waals surface area contributed by atoms with E-state index in [9.17, 15) is 9.59 Å². The second-order valence-corrected chi connectivity index (χ2v) is 8.85. The molecule has 1 saturated heterocycles. The SMILES string of the molecule is CC(C)(C)c1cc(C(=O)N2CCCC(C3CC(=O)c4ccccc4O3)C2)n[nH]1. The lowest BCUT2D eigenvalue weighted by atomic mass is 9.86. The molecule has 148 valence electrons. The highest BCUT2D eigenvalue weighted by atomic mass is 16.5. The Morgan fingerprint density at radius 3 is 2.82 bits per heavy atom. The van der Waals surface area contributed by atoms with E-state index in [4.69, 9.17) is 4.74 Å². The van der Waals surface area contributed by atoms with Crippen molar-refractivity contribution in [2.75, 3.05) is 13.1 Å². The lowest BCUT2D eigenvalue weighted by Gasteiger charge is -2.38. The van der Waals surface area contributed by atoms with Crippen molar-refractivity contribution in [1.29, 1.82) is 0 Å². The van der Waals surface area contributed by atoms with E-state index >= 15 is 0 Å². The number of nitrogens with one attached hydrogen (secondary N) is 1. The van der Waals surface area contributed by atoms with Crippen LogP contribution in [0.5, 0.6) is 5.75 Å². The van der Waals surface area contributed by atoms with Gasteiger partial charge < -0.3 is 9.64 Å². The highest BCUT2D eigenvalue weighted by molar-refractivity contribution is 6.00. The van der Waals surface area contributed by atoms with E-state index in [0.29, 0.717) is 36.5 Å². The van der Waals surface area contributed by atoms with Gasteiger partial charge in [0.15, 0.2) is 5.78 Å². The smallest absolute Gasteiger partial charge is 0.274 e. The Hall–Kier alpha value is -2.63. The van der Waals surface area contributed by atoms with Crippen molar-refractivity contribution in [2.24, 2.45) is 5.92 Å². The first-order valence-corrected chi connectivity index (χ1v) is 9.97. The standard InChI is InChI=1S/C22H27N3O3/c1-22(2,3)20-11-16(23-24-20)21(27)25-10-6-7-14(13-25)19-12-17(26)15-8-4-5-9-18(15)28-19/h4-5,8-9,11,14,19H,6-7,10,12-13H2,1-3H3,(H,23,24). The van der Waals surface area contributed by atoms with Crippen molar-refractivity contribution >= 4 is 11.7 Å². The molecule has 1 fully saturated rings. The molecule has 0 aliphatic carbocycles. The van der Waals surface area contributed by atoms with Gasteiger partial charge in [0.05, 0.1) is 5.56 Å². The molecule has 2 aliphatic rings. The summed E-state index contributed by atoms with van der Waals surface area (Å²) in [6, 6.07) is 9.26. The Balaban J connectivity index is 1.47. The predicted octanol–water partition coefficient (Wildman–Crippen LogP) is 3.59. The Bertz CT molecular complexity index is 896. The number of nitrogens with zero attached hydrogens (tertiary/aromatic N) is 2. The second-order valence-electron chi connectivity index (χ2n) is 8.85. The summed E-state index contributed by atoms with van der Waals surface area (Å²) in [6.07, 6.45) is 2.06. The Morgan fingerprint density at radius 1 is 1.29 bits per heavy atom. The molecule has 2 atom stereocenters. The third kappa shape index (κ3) is 3.55. The zero-order valence-electron chi connectivity index (χ0n) is 16.7. The van der Waals surface area contributed by atoms with Crippen molar-refractivity contribution in [2.45, 2.75) is 51.6 Å². The molecule has 1 N–H and O–H groups in total. The molecule has 0 saturated carbocycles. The zero-order valence-corrected chi connectivity index (χ0v) is 16.7. The van der Waals surface area contributed by atoms with Gasteiger partial charge in [0.25, 0.3) is 5.91 Å². The van der Waals surface area contributed by atoms with E-state index in [-0.39, 0.29) is 29.1 Å². The summed E-state index contributed by atoms with van der Waals surface area (Å²) in [7, 11) is 0. The van der Waals surface area contributed by atoms with Crippen LogP contribution >= 0.6 is 0 Å². The van der Waals surface area contributed by atoms with E-state index in [1.165, 1.54) is 0 Å². The first-order valence-electron chi connectivity index (χ1n) is 9.97. The van der Waals surface area contributed by atoms with Crippen LogP contribution < -0.4 is 4.74 Å². The Morgan fingerprint density at radius 2 is 2.07 bits per heavy atom. The number of carbonyl (C=O) groups is 2. The minimum Gasteiger partial charge on any atom is -0.489 e. The van der Waals surface area contributed by atoms with E-state index < -0.39 is 0 Å². The summed E-state index contributed by atoms with van der Waals surface area (Å²) >= 11 is 0. The number of ether oxygens (including phenoxy) is 1. The summed E-state index contributed by atoms with van der Waals surface area (Å²) in [5, 5.41) is 7.23. The number of benzene rings is 1. The number of H-pyrrole nitrogens is 1. The second kappa shape index (κ2) is 7.08. The number of amides is 1. The van der Waals surface area contributed by atoms with Crippen molar-refractivity contribution < 1.29 is 14.3 Å². The molecular weight excluding hydrogens is 354 g/mol. The lowest BCUT2D eigenvalue weighted by Crippen LogP contribution is -2.46. The number of likely N-dealkylation sites (tertiary alicyclic amines) is 1. The minimum absolute atomic E-state index is 0.0565. The quantitative estimate of drug-likeness (QED) is 0.863. The molecular formula is C22H27N3O3. The molecule has 3 heterocycles. The van der Waals surface area contributed by atoms with E-state index in [2.05, 4.69) is 31.0 Å². The van der Waals surface area contributed by atoms with Crippen LogP contribution in [0.15, 0.2) is 30.3 Å². The number of aromatic amines is 1. The monoisotopic (exact) mass is 381 g/mol. The van der Waals surface area contributed by atoms with E-state index in [1.807, 2.05) is 35.2 Å². The normalized spacial score (nSPS) is 22.5. The Kier molecular flexibility index (Phi) is 4.73. The summed E-state index contributed by atoms with van der Waals surface area (Å²) in [6.45, 7) is 7.56. The number of Topliss-reactive ketones (excluding diaryl/α,β-unsaturated/α-hetero) is 1. The van der Waals surface area contributed by atoms with Crippen LogP contribution in [-0.2, 0) is 5.41 Å². The van der Waals surface area contributed by atoms with Gasteiger partial charge in [0.1, 0.15) is 17.5 Å². The molecule has 28 heavy (non-hydrogen) atoms. The summed E-state index contributed by atoms with van der Waals surface area (Å²) in [5.74, 6) is 0.877. The summed E-state index contributed by atoms with van der Waals surface area (Å²) in [5.41, 5.74) is 1.98. The van der Waals surface area contributed by atoms with Gasteiger partial charge in [0.2, 0.25) is 0 Å². The van der Waals surface area contributed by atoms with Crippen LogP contribution in [0.1, 0.15) is 66.6 Å². The molecule has 0 bridgehead atoms. The molecule has 0 spiro atoms. The fourth-order valence-corrected chi connectivity index (χ4v) is 4.04. The van der Waals surface area contributed by atoms with Gasteiger partial charge in [-0.2, -0.15) is 5.10 Å². The molecule has 6 heteroatoms. The first kappa shape index (κ1) is 18.7. The van der Waals surface area contributed by atoms with Gasteiger partial charge in [-0.05, 0) is 31.0 Å². The fraction of sp³-hybridized carbons (Fsp3) is 0.500. The van der Waals surface area contributed by atoms with Crippen LogP contribution in [0.3, 0.4) is 0 Å². The maximum absolute atomic E-state index is 13.0. The number of aromatic nitrogens is 2. The number of fused-ring (bicyclic) bond motifs is 1. The van der Waals surface area contributed by atoms with Crippen molar-refractivity contribution in [3.05, 3.63) is 47.3 Å². The van der Waals surface area contributed by atoms with Gasteiger partial charge in [-0.25, -0.2) is 0 Å². The molecule has 4 rings (SSSR count). The molecule has 2 aliphatic heterocycles. The van der Waals surface area contributed by atoms with Crippen LogP contribution in [0.4, 0.5) is 0 Å². The average Bonchev–Trinajstić information content (AvgIpc) is 3.18. The topological polar surface area (TPSA) is 75.3 Å². The number of piperidine rings is 1. The van der Waals surface area contributed by atoms with Crippen LogP contribution in [0, 0.1) is 5.92 Å². The minimum atomic E-state index is -0.178. The van der Waals surface area contributed by atoms with Crippen molar-refractivity contribution in [3.63, 3.8) is 0 Å². The fourth-order valence-electron chi connectivity index (χ4n) is 4.04. The highest BCUT2D eigenvalue weighted by Crippen LogP contribution is 2.33. The predicted molar refractivity (Wildman–Crippen MR) is 106 cm³/mol. The van der Waals surface area contributed by atoms with E-state index in [0.717, 1.165) is 18.5 Å². The van der Waals surface area contributed by atoms with Crippen LogP contribution in [0.25, 0.3) is 0 Å². The van der Waals surface area contributed by atoms with Gasteiger partial charge in [0, 0.05) is 36.5 Å². The summed E-state index contributed by atoms with van der Waals surface area (Å²) < 4.78 is 6.14. The number of carbonyl (C=O) groups excluding carboxylic acids is 2. The molecule has 1 aromatic heterocycles. The average molecular weight is 381 g/mol. The van der Waals surface area contributed by atoms with E-state index in [1.54, 1.807) is 0 Å². The first-order chi connectivity index (χ1) is 13.3. The summed E-state index contributed by atoms with van der Waals surface area (Å²) in [4.78, 5) is 27.3. The zero-order chi connectivity index (χ0) is 19.9. The van der Waals surface area contributed by atoms with Gasteiger partial charge >= 0.3 is 0 Å². The number of ketones is 1. The lowest BCUT2D eigenvalue weighted by molar-refractivity contribution is 0.0406. The van der Waals surface area contributed by atoms with Crippen molar-refractivity contribution in [3.8, 4) is 5.75 Å². The molecule has 6 nitrogen and oxygen atoms in total. The van der Waals surface area contributed by atoms with Crippen molar-refractivity contribution in [1.82, 2.24) is 15.1 Å². The maximum Gasteiger partial charge on any atom is 0.274 e. The van der Waals surface area contributed by atoms with Crippen LogP contribution in [-0.4, -0.2) is 46.0 Å². The molecule has 1 aromatic carbocycles. The largest absolute Gasteiger partial charge is 0.489 e. The maximum atomic E-state index is 13.0. The van der Waals surface area contributed by atoms with Gasteiger partial charge in [-0.1, -0.05) is 32.9 Å². The molecule has 1 amide bonds. The third-order valence-electron chi connectivity index (χ3n) is 5.73.